The van der Waals surface area contributed by atoms with Crippen LogP contribution in [0.5, 0.6) is 5.75 Å². The Hall–Kier alpha value is -2.09. The molecule has 2 aromatic carbocycles. The molecule has 0 fully saturated rings. The maximum absolute atomic E-state index is 13.1. The molecular formula is C26H32O2. The van der Waals surface area contributed by atoms with Crippen molar-refractivity contribution < 1.29 is 9.53 Å². The highest BCUT2D eigenvalue weighted by molar-refractivity contribution is 5.91. The molecule has 4 rings (SSSR count). The van der Waals surface area contributed by atoms with Crippen LogP contribution >= 0.6 is 0 Å². The van der Waals surface area contributed by atoms with Gasteiger partial charge in [0.15, 0.2) is 0 Å². The first-order chi connectivity index (χ1) is 13.6. The van der Waals surface area contributed by atoms with E-state index in [2.05, 4.69) is 51.1 Å². The molecule has 2 nitrogen and oxygen atoms in total. The second-order valence-corrected chi connectivity index (χ2v) is 8.56. The molecule has 2 aromatic rings. The van der Waals surface area contributed by atoms with Crippen molar-refractivity contribution in [3.8, 4) is 5.75 Å². The van der Waals surface area contributed by atoms with Crippen LogP contribution in [0.3, 0.4) is 0 Å². The number of carbonyl (C=O) groups is 1. The summed E-state index contributed by atoms with van der Waals surface area (Å²) in [6.07, 6.45) is 9.16. The molecule has 1 heterocycles. The minimum atomic E-state index is -0.257. The van der Waals surface area contributed by atoms with Crippen LogP contribution in [-0.2, 0) is 24.1 Å². The molecule has 0 N–H and O–H groups in total. The molecular weight excluding hydrogens is 344 g/mol. The molecule has 0 saturated heterocycles. The third-order valence-electron chi connectivity index (χ3n) is 6.66. The van der Waals surface area contributed by atoms with Crippen LogP contribution in [0, 0.1) is 0 Å². The SMILES string of the molecule is CCCCc1cc(C(C)CC)c2c(c1)C(c1cccc3c1CCCC3)C(=O)O2. The van der Waals surface area contributed by atoms with E-state index in [9.17, 15) is 4.79 Å². The number of rotatable bonds is 6. The van der Waals surface area contributed by atoms with Crippen LogP contribution in [0.15, 0.2) is 30.3 Å². The summed E-state index contributed by atoms with van der Waals surface area (Å²) in [6.45, 7) is 6.68. The fourth-order valence-electron chi connectivity index (χ4n) is 4.84. The van der Waals surface area contributed by atoms with Crippen molar-refractivity contribution in [1.82, 2.24) is 0 Å². The van der Waals surface area contributed by atoms with Crippen molar-refractivity contribution in [2.24, 2.45) is 0 Å². The first-order valence-electron chi connectivity index (χ1n) is 11.1. The first-order valence-corrected chi connectivity index (χ1v) is 11.1. The second kappa shape index (κ2) is 8.11. The van der Waals surface area contributed by atoms with E-state index >= 15 is 0 Å². The van der Waals surface area contributed by atoms with Gasteiger partial charge in [0, 0.05) is 5.56 Å². The predicted molar refractivity (Wildman–Crippen MR) is 114 cm³/mol. The van der Waals surface area contributed by atoms with E-state index in [1.54, 1.807) is 0 Å². The molecule has 0 amide bonds. The molecule has 2 aliphatic rings. The third-order valence-corrected chi connectivity index (χ3v) is 6.66. The van der Waals surface area contributed by atoms with Gasteiger partial charge in [0.05, 0.1) is 0 Å². The Morgan fingerprint density at radius 1 is 1.11 bits per heavy atom. The monoisotopic (exact) mass is 376 g/mol. The van der Waals surface area contributed by atoms with E-state index in [0.29, 0.717) is 5.92 Å². The lowest BCUT2D eigenvalue weighted by Gasteiger charge is -2.22. The van der Waals surface area contributed by atoms with E-state index in [4.69, 9.17) is 4.74 Å². The number of hydrogen-bond acceptors (Lipinski definition) is 2. The zero-order chi connectivity index (χ0) is 19.7. The molecule has 28 heavy (non-hydrogen) atoms. The highest BCUT2D eigenvalue weighted by Crippen LogP contribution is 2.46. The highest BCUT2D eigenvalue weighted by Gasteiger charge is 2.38. The van der Waals surface area contributed by atoms with Crippen molar-refractivity contribution in [1.29, 1.82) is 0 Å². The Bertz CT molecular complexity index is 880. The van der Waals surface area contributed by atoms with Gasteiger partial charge in [-0.05, 0) is 78.7 Å². The normalized spacial score (nSPS) is 19.1. The molecule has 0 bridgehead atoms. The largest absolute Gasteiger partial charge is 0.425 e. The minimum Gasteiger partial charge on any atom is -0.425 e. The van der Waals surface area contributed by atoms with Gasteiger partial charge in [0.1, 0.15) is 11.7 Å². The van der Waals surface area contributed by atoms with Crippen molar-refractivity contribution in [3.05, 3.63) is 63.7 Å². The molecule has 2 heteroatoms. The van der Waals surface area contributed by atoms with Gasteiger partial charge in [-0.3, -0.25) is 4.79 Å². The van der Waals surface area contributed by atoms with Crippen LogP contribution in [0.2, 0.25) is 0 Å². The molecule has 0 spiro atoms. The molecule has 148 valence electrons. The van der Waals surface area contributed by atoms with E-state index in [-0.39, 0.29) is 11.9 Å². The van der Waals surface area contributed by atoms with Crippen molar-refractivity contribution >= 4 is 5.97 Å². The van der Waals surface area contributed by atoms with Gasteiger partial charge >= 0.3 is 5.97 Å². The number of hydrogen-bond donors (Lipinski definition) is 0. The van der Waals surface area contributed by atoms with Gasteiger partial charge in [-0.1, -0.05) is 57.5 Å². The zero-order valence-corrected chi connectivity index (χ0v) is 17.5. The van der Waals surface area contributed by atoms with Gasteiger partial charge in [-0.15, -0.1) is 0 Å². The number of aryl methyl sites for hydroxylation is 2. The molecule has 1 aliphatic carbocycles. The van der Waals surface area contributed by atoms with E-state index in [0.717, 1.165) is 37.0 Å². The third kappa shape index (κ3) is 3.38. The van der Waals surface area contributed by atoms with Crippen molar-refractivity contribution in [3.63, 3.8) is 0 Å². The molecule has 1 aliphatic heterocycles. The summed E-state index contributed by atoms with van der Waals surface area (Å²) in [5.74, 6) is 0.892. The summed E-state index contributed by atoms with van der Waals surface area (Å²) in [4.78, 5) is 13.1. The second-order valence-electron chi connectivity index (χ2n) is 8.56. The van der Waals surface area contributed by atoms with Crippen molar-refractivity contribution in [2.75, 3.05) is 0 Å². The Labute approximate surface area is 169 Å². The zero-order valence-electron chi connectivity index (χ0n) is 17.5. The summed E-state index contributed by atoms with van der Waals surface area (Å²) in [5, 5.41) is 0. The molecule has 0 radical (unpaired) electrons. The highest BCUT2D eigenvalue weighted by atomic mass is 16.5. The number of ether oxygens (including phenoxy) is 1. The maximum Gasteiger partial charge on any atom is 0.323 e. The maximum atomic E-state index is 13.1. The quantitative estimate of drug-likeness (QED) is 0.426. The van der Waals surface area contributed by atoms with Gasteiger partial charge in [0.2, 0.25) is 0 Å². The lowest BCUT2D eigenvalue weighted by Crippen LogP contribution is -2.16. The summed E-state index contributed by atoms with van der Waals surface area (Å²) in [5.41, 5.74) is 7.68. The summed E-state index contributed by atoms with van der Waals surface area (Å²) in [6, 6.07) is 11.1. The lowest BCUT2D eigenvalue weighted by atomic mass is 9.80. The molecule has 2 unspecified atom stereocenters. The standard InChI is InChI=1S/C26H32O2/c1-4-6-10-18-15-22(17(3)5-2)25-23(16-18)24(26(27)28-25)21-14-9-12-19-11-7-8-13-20(19)21/h9,12,14-17,24H,4-8,10-11,13H2,1-3H3. The number of esters is 1. The fourth-order valence-corrected chi connectivity index (χ4v) is 4.84. The molecule has 0 saturated carbocycles. The fraction of sp³-hybridized carbons (Fsp3) is 0.500. The van der Waals surface area contributed by atoms with Crippen LogP contribution in [0.1, 0.15) is 98.1 Å². The number of carbonyl (C=O) groups excluding carboxylic acids is 1. The Morgan fingerprint density at radius 2 is 1.93 bits per heavy atom. The Morgan fingerprint density at radius 3 is 2.71 bits per heavy atom. The van der Waals surface area contributed by atoms with Crippen LogP contribution in [0.25, 0.3) is 0 Å². The number of fused-ring (bicyclic) bond motifs is 2. The van der Waals surface area contributed by atoms with Crippen LogP contribution in [-0.4, -0.2) is 5.97 Å². The number of unbranched alkanes of at least 4 members (excludes halogenated alkanes) is 1. The van der Waals surface area contributed by atoms with E-state index in [1.165, 1.54) is 53.5 Å². The average molecular weight is 377 g/mol. The van der Waals surface area contributed by atoms with Crippen LogP contribution < -0.4 is 4.74 Å². The smallest absolute Gasteiger partial charge is 0.323 e. The molecule has 2 atom stereocenters. The van der Waals surface area contributed by atoms with E-state index in [1.807, 2.05) is 0 Å². The topological polar surface area (TPSA) is 26.3 Å². The average Bonchev–Trinajstić information content (AvgIpc) is 3.06. The van der Waals surface area contributed by atoms with Gasteiger partial charge < -0.3 is 4.74 Å². The summed E-state index contributed by atoms with van der Waals surface area (Å²) >= 11 is 0. The molecule has 0 aromatic heterocycles. The minimum absolute atomic E-state index is 0.0915. The number of benzene rings is 2. The van der Waals surface area contributed by atoms with Crippen molar-refractivity contribution in [2.45, 2.75) is 84.0 Å². The van der Waals surface area contributed by atoms with Crippen LogP contribution in [0.4, 0.5) is 0 Å². The van der Waals surface area contributed by atoms with Gasteiger partial charge in [0.25, 0.3) is 0 Å². The summed E-state index contributed by atoms with van der Waals surface area (Å²) in [7, 11) is 0. The van der Waals surface area contributed by atoms with E-state index < -0.39 is 0 Å². The lowest BCUT2D eigenvalue weighted by molar-refractivity contribution is -0.133. The van der Waals surface area contributed by atoms with Gasteiger partial charge in [-0.25, -0.2) is 0 Å². The first kappa shape index (κ1) is 19.2. The van der Waals surface area contributed by atoms with Gasteiger partial charge in [-0.2, -0.15) is 0 Å². The Balaban J connectivity index is 1.84. The Kier molecular flexibility index (Phi) is 5.57. The predicted octanol–water partition coefficient (Wildman–Crippen LogP) is 6.47. The summed E-state index contributed by atoms with van der Waals surface area (Å²) < 4.78 is 5.94.